The Morgan fingerprint density at radius 2 is 2.26 bits per heavy atom. The van der Waals surface area contributed by atoms with E-state index in [1.165, 1.54) is 4.80 Å². The molecule has 6 nitrogen and oxygen atoms in total. The lowest BCUT2D eigenvalue weighted by Crippen LogP contribution is -2.13. The standard InChI is InChI=1S/C12H13ClN4O2/c1-7(12(18)19)11-4-3-10(13)5-9(11)6-17-15-8(2)14-16-17/h3-5,7H,6H2,1-2H3,(H,18,19). The van der Waals surface area contributed by atoms with E-state index in [-0.39, 0.29) is 0 Å². The Hall–Kier alpha value is -1.95. The molecule has 1 aromatic heterocycles. The lowest BCUT2D eigenvalue weighted by atomic mass is 9.96. The number of aryl methyl sites for hydroxylation is 1. The van der Waals surface area contributed by atoms with Gasteiger partial charge >= 0.3 is 5.97 Å². The molecule has 0 spiro atoms. The minimum Gasteiger partial charge on any atom is -0.481 e. The average Bonchev–Trinajstić information content (AvgIpc) is 2.74. The van der Waals surface area contributed by atoms with Gasteiger partial charge in [-0.15, -0.1) is 10.2 Å². The smallest absolute Gasteiger partial charge is 0.310 e. The van der Waals surface area contributed by atoms with E-state index in [2.05, 4.69) is 15.4 Å². The van der Waals surface area contributed by atoms with E-state index in [0.29, 0.717) is 23.0 Å². The summed E-state index contributed by atoms with van der Waals surface area (Å²) in [6.45, 7) is 3.71. The number of aromatic nitrogens is 4. The second-order valence-corrected chi connectivity index (χ2v) is 4.71. The van der Waals surface area contributed by atoms with Crippen molar-refractivity contribution in [2.45, 2.75) is 26.3 Å². The molecule has 100 valence electrons. The van der Waals surface area contributed by atoms with Crippen LogP contribution in [0, 0.1) is 6.92 Å². The summed E-state index contributed by atoms with van der Waals surface area (Å²) < 4.78 is 0. The van der Waals surface area contributed by atoms with E-state index in [9.17, 15) is 4.79 Å². The Kier molecular flexibility index (Phi) is 3.80. The van der Waals surface area contributed by atoms with Crippen LogP contribution in [0.2, 0.25) is 5.02 Å². The maximum Gasteiger partial charge on any atom is 0.310 e. The second kappa shape index (κ2) is 5.36. The van der Waals surface area contributed by atoms with Crippen LogP contribution < -0.4 is 0 Å². The van der Waals surface area contributed by atoms with Crippen LogP contribution in [0.5, 0.6) is 0 Å². The largest absolute Gasteiger partial charge is 0.481 e. The molecule has 2 rings (SSSR count). The summed E-state index contributed by atoms with van der Waals surface area (Å²) in [6.07, 6.45) is 0. The molecule has 0 aliphatic heterocycles. The predicted octanol–water partition coefficient (Wildman–Crippen LogP) is 1.87. The number of tetrazole rings is 1. The fourth-order valence-corrected chi connectivity index (χ4v) is 2.00. The maximum absolute atomic E-state index is 11.1. The van der Waals surface area contributed by atoms with Crippen LogP contribution in [0.15, 0.2) is 18.2 Å². The van der Waals surface area contributed by atoms with Gasteiger partial charge < -0.3 is 5.11 Å². The van der Waals surface area contributed by atoms with Crippen molar-refractivity contribution in [1.29, 1.82) is 0 Å². The van der Waals surface area contributed by atoms with Crippen molar-refractivity contribution in [3.05, 3.63) is 40.2 Å². The van der Waals surface area contributed by atoms with Gasteiger partial charge in [-0.3, -0.25) is 4.79 Å². The lowest BCUT2D eigenvalue weighted by Gasteiger charge is -2.13. The second-order valence-electron chi connectivity index (χ2n) is 4.27. The first-order valence-electron chi connectivity index (χ1n) is 5.73. The number of aliphatic carboxylic acids is 1. The number of hydrogen-bond donors (Lipinski definition) is 1. The molecule has 19 heavy (non-hydrogen) atoms. The third-order valence-corrected chi connectivity index (χ3v) is 3.04. The zero-order valence-electron chi connectivity index (χ0n) is 10.5. The number of halogens is 1. The van der Waals surface area contributed by atoms with Crippen LogP contribution >= 0.6 is 11.6 Å². The maximum atomic E-state index is 11.1. The Morgan fingerprint density at radius 1 is 1.53 bits per heavy atom. The van der Waals surface area contributed by atoms with E-state index < -0.39 is 11.9 Å². The highest BCUT2D eigenvalue weighted by Crippen LogP contribution is 2.24. The molecule has 1 atom stereocenters. The molecular weight excluding hydrogens is 268 g/mol. The summed E-state index contributed by atoms with van der Waals surface area (Å²) in [5, 5.41) is 21.4. The molecule has 0 aliphatic rings. The molecule has 1 heterocycles. The zero-order valence-corrected chi connectivity index (χ0v) is 11.3. The van der Waals surface area contributed by atoms with Crippen molar-refractivity contribution in [2.24, 2.45) is 0 Å². The molecule has 0 amide bonds. The monoisotopic (exact) mass is 280 g/mol. The van der Waals surface area contributed by atoms with Crippen molar-refractivity contribution in [3.8, 4) is 0 Å². The molecular formula is C12H13ClN4O2. The van der Waals surface area contributed by atoms with Crippen LogP contribution in [-0.2, 0) is 11.3 Å². The van der Waals surface area contributed by atoms with Gasteiger partial charge in [0.1, 0.15) is 0 Å². The van der Waals surface area contributed by atoms with Gasteiger partial charge in [0.15, 0.2) is 5.82 Å². The summed E-state index contributed by atoms with van der Waals surface area (Å²) in [6, 6.07) is 5.13. The van der Waals surface area contributed by atoms with Gasteiger partial charge in [0, 0.05) is 5.02 Å². The van der Waals surface area contributed by atoms with Crippen LogP contribution in [0.25, 0.3) is 0 Å². The van der Waals surface area contributed by atoms with E-state index in [4.69, 9.17) is 16.7 Å². The van der Waals surface area contributed by atoms with E-state index in [0.717, 1.165) is 5.56 Å². The van der Waals surface area contributed by atoms with Crippen LogP contribution in [0.3, 0.4) is 0 Å². The highest BCUT2D eigenvalue weighted by Gasteiger charge is 2.18. The summed E-state index contributed by atoms with van der Waals surface area (Å²) in [7, 11) is 0. The third-order valence-electron chi connectivity index (χ3n) is 2.81. The summed E-state index contributed by atoms with van der Waals surface area (Å²) in [5.74, 6) is -0.932. The van der Waals surface area contributed by atoms with Gasteiger partial charge in [-0.05, 0) is 42.3 Å². The molecule has 1 N–H and O–H groups in total. The quantitative estimate of drug-likeness (QED) is 0.925. The minimum absolute atomic E-state index is 0.342. The molecule has 0 saturated carbocycles. The fraction of sp³-hybridized carbons (Fsp3) is 0.333. The minimum atomic E-state index is -0.883. The molecule has 0 radical (unpaired) electrons. The summed E-state index contributed by atoms with van der Waals surface area (Å²) in [5.41, 5.74) is 1.48. The van der Waals surface area contributed by atoms with Gasteiger partial charge in [0.25, 0.3) is 0 Å². The molecule has 0 fully saturated rings. The molecule has 1 unspecified atom stereocenters. The highest BCUT2D eigenvalue weighted by molar-refractivity contribution is 6.30. The van der Waals surface area contributed by atoms with Crippen molar-refractivity contribution < 1.29 is 9.90 Å². The van der Waals surface area contributed by atoms with Gasteiger partial charge in [0.05, 0.1) is 12.5 Å². The molecule has 0 bridgehead atoms. The summed E-state index contributed by atoms with van der Waals surface area (Å²) in [4.78, 5) is 12.5. The van der Waals surface area contributed by atoms with E-state index in [1.807, 2.05) is 0 Å². The van der Waals surface area contributed by atoms with Crippen molar-refractivity contribution in [1.82, 2.24) is 20.2 Å². The van der Waals surface area contributed by atoms with Crippen LogP contribution in [-0.4, -0.2) is 31.3 Å². The third kappa shape index (κ3) is 3.08. The van der Waals surface area contributed by atoms with Gasteiger partial charge in [-0.2, -0.15) is 4.80 Å². The fourth-order valence-electron chi connectivity index (χ4n) is 1.81. The number of rotatable bonds is 4. The van der Waals surface area contributed by atoms with Crippen molar-refractivity contribution >= 4 is 17.6 Å². The van der Waals surface area contributed by atoms with E-state index in [1.54, 1.807) is 32.0 Å². The van der Waals surface area contributed by atoms with Crippen LogP contribution in [0.4, 0.5) is 0 Å². The van der Waals surface area contributed by atoms with Crippen molar-refractivity contribution in [2.75, 3.05) is 0 Å². The number of hydrogen-bond acceptors (Lipinski definition) is 4. The Bertz CT molecular complexity index is 612. The Morgan fingerprint density at radius 3 is 2.84 bits per heavy atom. The number of nitrogens with zero attached hydrogens (tertiary/aromatic N) is 4. The highest BCUT2D eigenvalue weighted by atomic mass is 35.5. The molecule has 2 aromatic rings. The average molecular weight is 281 g/mol. The topological polar surface area (TPSA) is 80.9 Å². The number of benzene rings is 1. The van der Waals surface area contributed by atoms with Gasteiger partial charge in [0.2, 0.25) is 0 Å². The van der Waals surface area contributed by atoms with E-state index >= 15 is 0 Å². The number of carbonyl (C=O) groups is 1. The molecule has 0 saturated heterocycles. The number of carboxylic acid groups (broad SMARTS) is 1. The van der Waals surface area contributed by atoms with Gasteiger partial charge in [-0.25, -0.2) is 0 Å². The molecule has 0 aliphatic carbocycles. The first-order chi connectivity index (χ1) is 8.97. The summed E-state index contributed by atoms with van der Waals surface area (Å²) >= 11 is 5.96. The predicted molar refractivity (Wildman–Crippen MR) is 69.2 cm³/mol. The number of carboxylic acids is 1. The SMILES string of the molecule is Cc1nnn(Cc2cc(Cl)ccc2C(C)C(=O)O)n1. The first kappa shape index (κ1) is 13.5. The van der Waals surface area contributed by atoms with Crippen LogP contribution in [0.1, 0.15) is 29.8 Å². The lowest BCUT2D eigenvalue weighted by molar-refractivity contribution is -0.138. The Labute approximate surface area is 115 Å². The first-order valence-corrected chi connectivity index (χ1v) is 6.10. The van der Waals surface area contributed by atoms with Crippen molar-refractivity contribution in [3.63, 3.8) is 0 Å². The molecule has 7 heteroatoms. The Balaban J connectivity index is 2.37. The molecule has 1 aromatic carbocycles. The van der Waals surface area contributed by atoms with Gasteiger partial charge in [-0.1, -0.05) is 17.7 Å². The normalized spacial score (nSPS) is 12.4. The zero-order chi connectivity index (χ0) is 14.0.